The van der Waals surface area contributed by atoms with Crippen molar-refractivity contribution in [2.75, 3.05) is 0 Å². The molecule has 4 aliphatic rings. The van der Waals surface area contributed by atoms with Crippen LogP contribution in [0.3, 0.4) is 0 Å². The van der Waals surface area contributed by atoms with Crippen LogP contribution in [0.1, 0.15) is 78.2 Å². The summed E-state index contributed by atoms with van der Waals surface area (Å²) < 4.78 is 6.14. The van der Waals surface area contributed by atoms with Gasteiger partial charge in [0.2, 0.25) is 5.91 Å². The summed E-state index contributed by atoms with van der Waals surface area (Å²) in [5.41, 5.74) is 1.84. The van der Waals surface area contributed by atoms with Gasteiger partial charge < -0.3 is 15.4 Å². The van der Waals surface area contributed by atoms with Crippen LogP contribution in [0.4, 0.5) is 4.79 Å². The molecule has 0 bridgehead atoms. The fourth-order valence-electron chi connectivity index (χ4n) is 7.68. The molecule has 1 aromatic carbocycles. The molecule has 2 N–H and O–H groups in total. The minimum absolute atomic E-state index is 0.0228. The van der Waals surface area contributed by atoms with Crippen LogP contribution in [0, 0.1) is 28.6 Å². The first kappa shape index (κ1) is 22.5. The quantitative estimate of drug-likeness (QED) is 0.624. The Morgan fingerprint density at radius 1 is 1.09 bits per heavy atom. The van der Waals surface area contributed by atoms with Gasteiger partial charge in [0.1, 0.15) is 6.10 Å². The van der Waals surface area contributed by atoms with Crippen molar-refractivity contribution in [2.24, 2.45) is 28.6 Å². The molecule has 5 heteroatoms. The highest BCUT2D eigenvalue weighted by atomic mass is 16.6. The topological polar surface area (TPSA) is 67.4 Å². The zero-order valence-corrected chi connectivity index (χ0v) is 20.4. The van der Waals surface area contributed by atoms with E-state index in [0.717, 1.165) is 49.8 Å². The van der Waals surface area contributed by atoms with E-state index in [4.69, 9.17) is 4.74 Å². The normalized spacial score (nSPS) is 37.7. The third-order valence-corrected chi connectivity index (χ3v) is 9.68. The molecule has 3 fully saturated rings. The van der Waals surface area contributed by atoms with E-state index in [9.17, 15) is 9.59 Å². The van der Waals surface area contributed by atoms with Crippen LogP contribution >= 0.6 is 0 Å². The lowest BCUT2D eigenvalue weighted by atomic mass is 9.50. The number of benzene rings is 1. The summed E-state index contributed by atoms with van der Waals surface area (Å²) in [6, 6.07) is 10.0. The van der Waals surface area contributed by atoms with Crippen molar-refractivity contribution in [2.45, 2.75) is 84.3 Å². The lowest BCUT2D eigenvalue weighted by molar-refractivity contribution is -0.125. The van der Waals surface area contributed by atoms with Gasteiger partial charge in [0.25, 0.3) is 0 Å². The molecule has 5 rings (SSSR count). The second kappa shape index (κ2) is 7.89. The van der Waals surface area contributed by atoms with Gasteiger partial charge in [-0.25, -0.2) is 4.79 Å². The molecule has 0 unspecified atom stereocenters. The molecule has 3 aliphatic carbocycles. The predicted molar refractivity (Wildman–Crippen MR) is 128 cm³/mol. The summed E-state index contributed by atoms with van der Waals surface area (Å²) >= 11 is 0. The standard InChI is InChI=1S/C28H38N2O3/c1-26(2,18-8-6-5-7-9-18)30-25(32)33-23-13-11-20-19-10-12-22-27(3,17-15-24(31)29-22)21(19)14-16-28(20,23)4/h5-9,12,19-21,23H,10-11,13-17H2,1-4H3,(H,29,31)(H,30,32)/t19-,20-,21-,23-,27+,28-/m0/s1. The lowest BCUT2D eigenvalue weighted by Crippen LogP contribution is -2.54. The number of nitrogens with one attached hydrogen (secondary N) is 2. The molecule has 1 aromatic rings. The summed E-state index contributed by atoms with van der Waals surface area (Å²) in [5.74, 6) is 1.92. The predicted octanol–water partition coefficient (Wildman–Crippen LogP) is 5.66. The minimum Gasteiger partial charge on any atom is -0.446 e. The molecule has 1 aliphatic heterocycles. The molecule has 1 heterocycles. The number of alkyl carbamates (subject to hydrolysis) is 1. The molecule has 33 heavy (non-hydrogen) atoms. The highest BCUT2D eigenvalue weighted by molar-refractivity contribution is 5.79. The number of ether oxygens (including phenoxy) is 1. The monoisotopic (exact) mass is 450 g/mol. The van der Waals surface area contributed by atoms with Gasteiger partial charge in [-0.2, -0.15) is 0 Å². The van der Waals surface area contributed by atoms with E-state index >= 15 is 0 Å². The Bertz CT molecular complexity index is 971. The van der Waals surface area contributed by atoms with Crippen LogP contribution < -0.4 is 10.6 Å². The number of carbonyl (C=O) groups excluding carboxylic acids is 2. The molecule has 2 saturated carbocycles. The number of piperidine rings is 1. The van der Waals surface area contributed by atoms with Crippen LogP contribution in [0.15, 0.2) is 42.1 Å². The first-order valence-corrected chi connectivity index (χ1v) is 12.7. The second-order valence-electron chi connectivity index (χ2n) is 11.8. The van der Waals surface area contributed by atoms with E-state index in [1.165, 1.54) is 0 Å². The van der Waals surface area contributed by atoms with Gasteiger partial charge in [-0.3, -0.25) is 4.79 Å². The Labute approximate surface area is 197 Å². The number of allylic oxidation sites excluding steroid dienone is 2. The van der Waals surface area contributed by atoms with Crippen LogP contribution in [0.2, 0.25) is 0 Å². The van der Waals surface area contributed by atoms with Gasteiger partial charge in [-0.05, 0) is 75.7 Å². The smallest absolute Gasteiger partial charge is 0.408 e. The van der Waals surface area contributed by atoms with Gasteiger partial charge in [-0.1, -0.05) is 50.3 Å². The first-order valence-electron chi connectivity index (χ1n) is 12.7. The number of hydrogen-bond donors (Lipinski definition) is 2. The van der Waals surface area contributed by atoms with E-state index in [1.807, 2.05) is 44.2 Å². The maximum atomic E-state index is 13.0. The first-order chi connectivity index (χ1) is 15.6. The van der Waals surface area contributed by atoms with Gasteiger partial charge in [0, 0.05) is 22.9 Å². The summed E-state index contributed by atoms with van der Waals surface area (Å²) in [7, 11) is 0. The molecule has 6 atom stereocenters. The molecule has 0 spiro atoms. The molecular formula is C28H38N2O3. The molecular weight excluding hydrogens is 412 g/mol. The Morgan fingerprint density at radius 3 is 2.61 bits per heavy atom. The van der Waals surface area contributed by atoms with Crippen molar-refractivity contribution in [3.63, 3.8) is 0 Å². The third kappa shape index (κ3) is 3.68. The number of amides is 2. The summed E-state index contributed by atoms with van der Waals surface area (Å²) in [6.07, 6.45) is 8.81. The maximum absolute atomic E-state index is 13.0. The lowest BCUT2D eigenvalue weighted by Gasteiger charge is -2.56. The number of rotatable bonds is 3. The van der Waals surface area contributed by atoms with Gasteiger partial charge in [0.15, 0.2) is 0 Å². The Balaban J connectivity index is 1.29. The highest BCUT2D eigenvalue weighted by Crippen LogP contribution is 2.64. The van der Waals surface area contributed by atoms with E-state index in [0.29, 0.717) is 24.2 Å². The van der Waals surface area contributed by atoms with E-state index < -0.39 is 5.54 Å². The third-order valence-electron chi connectivity index (χ3n) is 9.68. The highest BCUT2D eigenvalue weighted by Gasteiger charge is 2.60. The fourth-order valence-corrected chi connectivity index (χ4v) is 7.68. The number of carbonyl (C=O) groups is 2. The van der Waals surface area contributed by atoms with Crippen LogP contribution in [-0.4, -0.2) is 18.1 Å². The molecule has 2 amide bonds. The average Bonchev–Trinajstić information content (AvgIpc) is 3.10. The Hall–Kier alpha value is -2.30. The maximum Gasteiger partial charge on any atom is 0.408 e. The summed E-state index contributed by atoms with van der Waals surface area (Å²) in [4.78, 5) is 25.0. The number of hydrogen-bond acceptors (Lipinski definition) is 3. The van der Waals surface area contributed by atoms with E-state index in [-0.39, 0.29) is 28.9 Å². The van der Waals surface area contributed by atoms with Crippen LogP contribution in [0.5, 0.6) is 0 Å². The molecule has 5 nitrogen and oxygen atoms in total. The van der Waals surface area contributed by atoms with Gasteiger partial charge in [0.05, 0.1) is 5.54 Å². The number of fused-ring (bicyclic) bond motifs is 5. The van der Waals surface area contributed by atoms with Crippen molar-refractivity contribution in [3.05, 3.63) is 47.7 Å². The molecule has 0 aromatic heterocycles. The Kier molecular flexibility index (Phi) is 5.37. The zero-order valence-electron chi connectivity index (χ0n) is 20.4. The summed E-state index contributed by atoms with van der Waals surface area (Å²) in [5, 5.41) is 6.28. The van der Waals surface area contributed by atoms with Crippen LogP contribution in [0.25, 0.3) is 0 Å². The van der Waals surface area contributed by atoms with E-state index in [1.54, 1.807) is 0 Å². The van der Waals surface area contributed by atoms with Crippen molar-refractivity contribution in [3.8, 4) is 0 Å². The van der Waals surface area contributed by atoms with Crippen molar-refractivity contribution >= 4 is 12.0 Å². The fraction of sp³-hybridized carbons (Fsp3) is 0.643. The molecule has 0 radical (unpaired) electrons. The zero-order chi connectivity index (χ0) is 23.4. The largest absolute Gasteiger partial charge is 0.446 e. The van der Waals surface area contributed by atoms with Crippen LogP contribution in [-0.2, 0) is 15.1 Å². The van der Waals surface area contributed by atoms with E-state index in [2.05, 4.69) is 30.6 Å². The van der Waals surface area contributed by atoms with Gasteiger partial charge >= 0.3 is 6.09 Å². The average molecular weight is 451 g/mol. The van der Waals surface area contributed by atoms with Crippen molar-refractivity contribution in [1.82, 2.24) is 10.6 Å². The van der Waals surface area contributed by atoms with Crippen molar-refractivity contribution < 1.29 is 14.3 Å². The SMILES string of the molecule is CC(C)(NC(=O)O[C@H]1CC[C@H]2[C@@H]3CC=C4NC(=O)CC[C@]4(C)[C@H]3CC[C@]12C)c1ccccc1. The van der Waals surface area contributed by atoms with Crippen molar-refractivity contribution in [1.29, 1.82) is 0 Å². The Morgan fingerprint density at radius 2 is 1.85 bits per heavy atom. The summed E-state index contributed by atoms with van der Waals surface area (Å²) in [6.45, 7) is 8.75. The second-order valence-corrected chi connectivity index (χ2v) is 11.8. The molecule has 1 saturated heterocycles. The molecule has 178 valence electrons. The van der Waals surface area contributed by atoms with Gasteiger partial charge in [-0.15, -0.1) is 0 Å². The minimum atomic E-state index is -0.487.